The van der Waals surface area contributed by atoms with Gasteiger partial charge in [-0.15, -0.1) is 0 Å². The number of hydrogen-bond donors (Lipinski definition) is 0. The van der Waals surface area contributed by atoms with Crippen LogP contribution in [0.4, 0.5) is 0 Å². The summed E-state index contributed by atoms with van der Waals surface area (Å²) in [4.78, 5) is 0. The molecule has 3 rings (SSSR count). The van der Waals surface area contributed by atoms with Crippen molar-refractivity contribution in [3.05, 3.63) is 0 Å². The minimum absolute atomic E-state index is 0.493. The second-order valence-corrected chi connectivity index (χ2v) is 7.70. The molecule has 2 unspecified atom stereocenters. The molecule has 5 heteroatoms. The Kier molecular flexibility index (Phi) is 2.26. The molecule has 86 valence electrons. The van der Waals surface area contributed by atoms with Gasteiger partial charge in [0.15, 0.2) is 0 Å². The Hall–Kier alpha value is 0.110. The monoisotopic (exact) mass is 229 g/mol. The van der Waals surface area contributed by atoms with Gasteiger partial charge >= 0.3 is 0 Å². The lowest BCUT2D eigenvalue weighted by molar-refractivity contribution is 0.313. The van der Waals surface area contributed by atoms with Gasteiger partial charge in [-0.1, -0.05) is 0 Å². The molecule has 0 aliphatic carbocycles. The summed E-state index contributed by atoms with van der Waals surface area (Å²) in [7, 11) is -2.30. The molecule has 3 heterocycles. The van der Waals surface area contributed by atoms with E-state index in [1.54, 1.807) is 0 Å². The van der Waals surface area contributed by atoms with Gasteiger partial charge in [0.2, 0.25) is 0 Å². The molecule has 0 radical (unpaired) electrons. The zero-order valence-corrected chi connectivity index (χ0v) is 10.5. The van der Waals surface area contributed by atoms with Gasteiger partial charge in [-0.05, 0) is 26.7 Å². The van der Waals surface area contributed by atoms with Gasteiger partial charge in [0.25, 0.3) is 7.59 Å². The van der Waals surface area contributed by atoms with Crippen molar-refractivity contribution in [2.45, 2.75) is 38.8 Å². The fourth-order valence-electron chi connectivity index (χ4n) is 2.78. The average Bonchev–Trinajstić information content (AvgIpc) is 3.02. The van der Waals surface area contributed by atoms with E-state index in [1.807, 2.05) is 0 Å². The van der Waals surface area contributed by atoms with E-state index in [0.29, 0.717) is 12.1 Å². The van der Waals surface area contributed by atoms with Gasteiger partial charge in [0.1, 0.15) is 0 Å². The molecule has 3 fully saturated rings. The van der Waals surface area contributed by atoms with Crippen LogP contribution in [0.5, 0.6) is 0 Å². The summed E-state index contributed by atoms with van der Waals surface area (Å²) >= 11 is 0. The molecule has 0 bridgehead atoms. The number of hydrogen-bond acceptors (Lipinski definition) is 1. The maximum Gasteiger partial charge on any atom is 0.287 e. The highest BCUT2D eigenvalue weighted by atomic mass is 31.2. The summed E-state index contributed by atoms with van der Waals surface area (Å²) in [5, 5.41) is 0. The van der Waals surface area contributed by atoms with Crippen LogP contribution in [-0.2, 0) is 4.57 Å². The molecule has 0 aromatic carbocycles. The van der Waals surface area contributed by atoms with Crippen LogP contribution in [0.2, 0.25) is 0 Å². The van der Waals surface area contributed by atoms with Crippen molar-refractivity contribution in [1.29, 1.82) is 0 Å². The summed E-state index contributed by atoms with van der Waals surface area (Å²) in [5.74, 6) is 0. The fourth-order valence-corrected chi connectivity index (χ4v) is 6.20. The first-order valence-electron chi connectivity index (χ1n) is 6.04. The summed E-state index contributed by atoms with van der Waals surface area (Å²) in [6.45, 7) is 8.58. The maximum atomic E-state index is 13.1. The third-order valence-electron chi connectivity index (χ3n) is 3.79. The van der Waals surface area contributed by atoms with Crippen molar-refractivity contribution in [2.24, 2.45) is 0 Å². The summed E-state index contributed by atoms with van der Waals surface area (Å²) in [6, 6.07) is 0.985. The van der Waals surface area contributed by atoms with E-state index in [2.05, 4.69) is 27.9 Å². The van der Waals surface area contributed by atoms with Crippen LogP contribution in [0, 0.1) is 0 Å². The van der Waals surface area contributed by atoms with Crippen LogP contribution < -0.4 is 0 Å². The quantitative estimate of drug-likeness (QED) is 0.542. The molecule has 2 atom stereocenters. The summed E-state index contributed by atoms with van der Waals surface area (Å²) in [5.41, 5.74) is 0. The number of rotatable bonds is 3. The molecule has 15 heavy (non-hydrogen) atoms. The van der Waals surface area contributed by atoms with Gasteiger partial charge < -0.3 is 0 Å². The molecule has 0 amide bonds. The van der Waals surface area contributed by atoms with Gasteiger partial charge in [-0.3, -0.25) is 4.57 Å². The zero-order valence-electron chi connectivity index (χ0n) is 9.59. The molecular weight excluding hydrogens is 209 g/mol. The predicted molar refractivity (Wildman–Crippen MR) is 60.7 cm³/mol. The van der Waals surface area contributed by atoms with E-state index >= 15 is 0 Å². The molecule has 3 aliphatic rings. The molecule has 3 saturated heterocycles. The highest BCUT2D eigenvalue weighted by molar-refractivity contribution is 7.57. The van der Waals surface area contributed by atoms with E-state index in [1.165, 1.54) is 12.8 Å². The Balaban J connectivity index is 1.90. The topological polar surface area (TPSA) is 26.3 Å². The van der Waals surface area contributed by atoms with E-state index in [4.69, 9.17) is 0 Å². The highest BCUT2D eigenvalue weighted by Crippen LogP contribution is 2.65. The summed E-state index contributed by atoms with van der Waals surface area (Å²) < 4.78 is 19.8. The van der Waals surface area contributed by atoms with Crippen LogP contribution in [0.3, 0.4) is 0 Å². The zero-order chi connectivity index (χ0) is 10.6. The van der Waals surface area contributed by atoms with Gasteiger partial charge in [-0.25, -0.2) is 14.0 Å². The first kappa shape index (κ1) is 10.3. The minimum Gasteiger partial charge on any atom is -0.270 e. The molecule has 3 aliphatic heterocycles. The first-order chi connectivity index (χ1) is 7.14. The normalized spacial score (nSPS) is 38.5. The number of nitrogens with zero attached hydrogens (tertiary/aromatic N) is 3. The summed E-state index contributed by atoms with van der Waals surface area (Å²) in [6.07, 6.45) is 2.40. The third kappa shape index (κ3) is 1.50. The molecular formula is C10H20N3OP. The average molecular weight is 229 g/mol. The van der Waals surface area contributed by atoms with Crippen molar-refractivity contribution < 1.29 is 4.57 Å². The maximum absolute atomic E-state index is 13.1. The Bertz CT molecular complexity index is 288. The molecule has 0 saturated carbocycles. The Morgan fingerprint density at radius 3 is 1.67 bits per heavy atom. The second kappa shape index (κ2) is 3.30. The van der Waals surface area contributed by atoms with Crippen molar-refractivity contribution >= 4 is 7.59 Å². The van der Waals surface area contributed by atoms with Crippen molar-refractivity contribution in [1.82, 2.24) is 14.0 Å². The van der Waals surface area contributed by atoms with E-state index < -0.39 is 7.59 Å². The van der Waals surface area contributed by atoms with Crippen LogP contribution in [-0.4, -0.2) is 52.3 Å². The van der Waals surface area contributed by atoms with E-state index in [-0.39, 0.29) is 0 Å². The molecule has 4 nitrogen and oxygen atoms in total. The SMILES string of the molecule is CC1CCC(C)N1P(=O)(N1CC1)N1CC1. The van der Waals surface area contributed by atoms with Crippen LogP contribution in [0.15, 0.2) is 0 Å². The Labute approximate surface area is 91.7 Å². The lowest BCUT2D eigenvalue weighted by atomic mass is 10.2. The lowest BCUT2D eigenvalue weighted by Crippen LogP contribution is -2.34. The molecule has 0 aromatic heterocycles. The smallest absolute Gasteiger partial charge is 0.270 e. The lowest BCUT2D eigenvalue weighted by Gasteiger charge is -2.35. The largest absolute Gasteiger partial charge is 0.287 e. The Morgan fingerprint density at radius 1 is 0.933 bits per heavy atom. The van der Waals surface area contributed by atoms with Crippen LogP contribution in [0.25, 0.3) is 0 Å². The second-order valence-electron chi connectivity index (χ2n) is 5.08. The minimum atomic E-state index is -2.30. The van der Waals surface area contributed by atoms with Crippen LogP contribution >= 0.6 is 7.59 Å². The molecule has 0 spiro atoms. The van der Waals surface area contributed by atoms with Gasteiger partial charge in [0, 0.05) is 38.3 Å². The van der Waals surface area contributed by atoms with Crippen molar-refractivity contribution in [3.8, 4) is 0 Å². The van der Waals surface area contributed by atoms with Crippen molar-refractivity contribution in [2.75, 3.05) is 26.2 Å². The van der Waals surface area contributed by atoms with Crippen LogP contribution in [0.1, 0.15) is 26.7 Å². The molecule has 0 aromatic rings. The predicted octanol–water partition coefficient (Wildman–Crippen LogP) is 1.60. The fraction of sp³-hybridized carbons (Fsp3) is 1.00. The van der Waals surface area contributed by atoms with E-state index in [9.17, 15) is 4.57 Å². The standard InChI is InChI=1S/C10H20N3OP/c1-9-3-4-10(2)13(9)15(14,11-5-6-11)12-7-8-12/h9-10H,3-8H2,1-2H3. The van der Waals surface area contributed by atoms with Gasteiger partial charge in [-0.2, -0.15) is 0 Å². The van der Waals surface area contributed by atoms with Gasteiger partial charge in [0.05, 0.1) is 0 Å². The Morgan fingerprint density at radius 2 is 1.33 bits per heavy atom. The highest BCUT2D eigenvalue weighted by Gasteiger charge is 2.55. The third-order valence-corrected chi connectivity index (χ3v) is 7.45. The van der Waals surface area contributed by atoms with Crippen molar-refractivity contribution in [3.63, 3.8) is 0 Å². The first-order valence-corrected chi connectivity index (χ1v) is 7.60. The molecule has 0 N–H and O–H groups in total. The van der Waals surface area contributed by atoms with E-state index in [0.717, 1.165) is 26.2 Å².